The third-order valence-electron chi connectivity index (χ3n) is 5.35. The van der Waals surface area contributed by atoms with E-state index in [1.807, 2.05) is 0 Å². The van der Waals surface area contributed by atoms with Crippen molar-refractivity contribution in [2.45, 2.75) is 38.3 Å². The number of rotatable bonds is 4. The van der Waals surface area contributed by atoms with Gasteiger partial charge in [-0.05, 0) is 24.5 Å². The smallest absolute Gasteiger partial charge is 0.312 e. The van der Waals surface area contributed by atoms with Gasteiger partial charge in [0.05, 0.1) is 6.20 Å². The van der Waals surface area contributed by atoms with Crippen molar-refractivity contribution in [3.05, 3.63) is 42.0 Å². The lowest BCUT2D eigenvalue weighted by Crippen LogP contribution is -2.56. The number of amides is 2. The first-order chi connectivity index (χ1) is 12.6. The van der Waals surface area contributed by atoms with Gasteiger partial charge in [-0.2, -0.15) is 5.10 Å². The zero-order valence-electron chi connectivity index (χ0n) is 14.4. The third-order valence-corrected chi connectivity index (χ3v) is 5.35. The van der Waals surface area contributed by atoms with E-state index in [1.54, 1.807) is 29.4 Å². The number of nitrogens with one attached hydrogen (secondary N) is 1. The molecule has 1 aliphatic carbocycles. The molecular formula is C19H21FN4O2. The van der Waals surface area contributed by atoms with E-state index in [9.17, 15) is 14.0 Å². The van der Waals surface area contributed by atoms with E-state index in [-0.39, 0.29) is 18.4 Å². The first kappa shape index (κ1) is 16.8. The zero-order chi connectivity index (χ0) is 18.1. The molecule has 0 radical (unpaired) electrons. The highest BCUT2D eigenvalue weighted by atomic mass is 19.1. The SMILES string of the molecule is O=C1C(=O)N(C2CCCC2)CCN1Cc1ccc(-c2cn[nH]c2)cc1F. The molecule has 1 aromatic heterocycles. The summed E-state index contributed by atoms with van der Waals surface area (Å²) >= 11 is 0. The van der Waals surface area contributed by atoms with Crippen LogP contribution in [0.1, 0.15) is 31.2 Å². The Morgan fingerprint density at radius 3 is 2.62 bits per heavy atom. The highest BCUT2D eigenvalue weighted by Gasteiger charge is 2.37. The molecule has 1 aliphatic heterocycles. The predicted molar refractivity (Wildman–Crippen MR) is 93.4 cm³/mol. The highest BCUT2D eigenvalue weighted by Crippen LogP contribution is 2.26. The topological polar surface area (TPSA) is 69.3 Å². The van der Waals surface area contributed by atoms with Gasteiger partial charge in [0.2, 0.25) is 0 Å². The van der Waals surface area contributed by atoms with Crippen molar-refractivity contribution >= 4 is 11.8 Å². The summed E-state index contributed by atoms with van der Waals surface area (Å²) in [6, 6.07) is 5.09. The molecule has 1 N–H and O–H groups in total. The Bertz CT molecular complexity index is 815. The van der Waals surface area contributed by atoms with Crippen molar-refractivity contribution < 1.29 is 14.0 Å². The molecule has 2 aliphatic rings. The Hall–Kier alpha value is -2.70. The predicted octanol–water partition coefficient (Wildman–Crippen LogP) is 2.33. The van der Waals surface area contributed by atoms with Crippen molar-refractivity contribution in [1.29, 1.82) is 0 Å². The minimum absolute atomic E-state index is 0.112. The van der Waals surface area contributed by atoms with Crippen LogP contribution in [0, 0.1) is 5.82 Å². The quantitative estimate of drug-likeness (QED) is 0.855. The maximum absolute atomic E-state index is 14.5. The fourth-order valence-corrected chi connectivity index (χ4v) is 3.87. The number of piperazine rings is 1. The van der Waals surface area contributed by atoms with Crippen molar-refractivity contribution in [3.8, 4) is 11.1 Å². The van der Waals surface area contributed by atoms with E-state index in [2.05, 4.69) is 10.2 Å². The van der Waals surface area contributed by atoms with Crippen LogP contribution >= 0.6 is 0 Å². The Balaban J connectivity index is 1.46. The second-order valence-electron chi connectivity index (χ2n) is 6.96. The highest BCUT2D eigenvalue weighted by molar-refractivity contribution is 6.35. The van der Waals surface area contributed by atoms with Crippen LogP contribution in [0.15, 0.2) is 30.6 Å². The van der Waals surface area contributed by atoms with E-state index in [1.165, 1.54) is 11.0 Å². The molecule has 26 heavy (non-hydrogen) atoms. The summed E-state index contributed by atoms with van der Waals surface area (Å²) in [5.74, 6) is -1.36. The minimum Gasteiger partial charge on any atom is -0.330 e. The van der Waals surface area contributed by atoms with Crippen LogP contribution in [0.25, 0.3) is 11.1 Å². The Morgan fingerprint density at radius 1 is 1.12 bits per heavy atom. The molecule has 1 aromatic carbocycles. The molecule has 0 spiro atoms. The lowest BCUT2D eigenvalue weighted by Gasteiger charge is -2.37. The normalized spacial score (nSPS) is 18.8. The van der Waals surface area contributed by atoms with Crippen molar-refractivity contribution in [2.75, 3.05) is 13.1 Å². The lowest BCUT2D eigenvalue weighted by molar-refractivity contribution is -0.158. The van der Waals surface area contributed by atoms with Crippen LogP contribution < -0.4 is 0 Å². The molecule has 6 nitrogen and oxygen atoms in total. The first-order valence-electron chi connectivity index (χ1n) is 9.01. The molecule has 1 saturated carbocycles. The number of hydrogen-bond donors (Lipinski definition) is 1. The molecular weight excluding hydrogens is 335 g/mol. The number of H-pyrrole nitrogens is 1. The molecule has 1 saturated heterocycles. The lowest BCUT2D eigenvalue weighted by atomic mass is 10.1. The van der Waals surface area contributed by atoms with Gasteiger partial charge < -0.3 is 9.80 Å². The van der Waals surface area contributed by atoms with Gasteiger partial charge in [0, 0.05) is 43.0 Å². The molecule has 7 heteroatoms. The number of hydrogen-bond acceptors (Lipinski definition) is 3. The number of benzene rings is 1. The number of carbonyl (C=O) groups is 2. The number of aromatic amines is 1. The van der Waals surface area contributed by atoms with Crippen LogP contribution in [0.5, 0.6) is 0 Å². The van der Waals surface area contributed by atoms with Gasteiger partial charge >= 0.3 is 11.8 Å². The number of aromatic nitrogens is 2. The molecule has 2 heterocycles. The van der Waals surface area contributed by atoms with E-state index in [0.717, 1.165) is 31.2 Å². The van der Waals surface area contributed by atoms with E-state index in [0.29, 0.717) is 24.2 Å². The van der Waals surface area contributed by atoms with E-state index < -0.39 is 11.8 Å². The van der Waals surface area contributed by atoms with Crippen molar-refractivity contribution in [2.24, 2.45) is 0 Å². The Kier molecular flexibility index (Phi) is 4.44. The second kappa shape index (κ2) is 6.90. The second-order valence-corrected chi connectivity index (χ2v) is 6.96. The van der Waals surface area contributed by atoms with Crippen LogP contribution in [-0.4, -0.2) is 50.9 Å². The van der Waals surface area contributed by atoms with Gasteiger partial charge in [-0.1, -0.05) is 25.0 Å². The van der Waals surface area contributed by atoms with Crippen LogP contribution in [0.4, 0.5) is 4.39 Å². The van der Waals surface area contributed by atoms with E-state index in [4.69, 9.17) is 0 Å². The minimum atomic E-state index is -0.526. The molecule has 0 atom stereocenters. The average Bonchev–Trinajstić information content (AvgIpc) is 3.34. The fourth-order valence-electron chi connectivity index (χ4n) is 3.87. The summed E-state index contributed by atoms with van der Waals surface area (Å²) < 4.78 is 14.5. The van der Waals surface area contributed by atoms with Crippen LogP contribution in [0.2, 0.25) is 0 Å². The maximum atomic E-state index is 14.5. The van der Waals surface area contributed by atoms with Gasteiger partial charge in [-0.3, -0.25) is 14.7 Å². The molecule has 2 fully saturated rings. The van der Waals surface area contributed by atoms with Crippen molar-refractivity contribution in [3.63, 3.8) is 0 Å². The number of nitrogens with zero attached hydrogens (tertiary/aromatic N) is 3. The fraction of sp³-hybridized carbons (Fsp3) is 0.421. The summed E-state index contributed by atoms with van der Waals surface area (Å²) in [5.41, 5.74) is 1.92. The van der Waals surface area contributed by atoms with Gasteiger partial charge in [-0.15, -0.1) is 0 Å². The summed E-state index contributed by atoms with van der Waals surface area (Å²) in [6.07, 6.45) is 7.49. The summed E-state index contributed by atoms with van der Waals surface area (Å²) in [4.78, 5) is 28.1. The monoisotopic (exact) mass is 356 g/mol. The average molecular weight is 356 g/mol. The first-order valence-corrected chi connectivity index (χ1v) is 9.01. The Morgan fingerprint density at radius 2 is 1.92 bits per heavy atom. The maximum Gasteiger partial charge on any atom is 0.312 e. The molecule has 0 bridgehead atoms. The van der Waals surface area contributed by atoms with Gasteiger partial charge in [0.15, 0.2) is 0 Å². The van der Waals surface area contributed by atoms with Crippen molar-refractivity contribution in [1.82, 2.24) is 20.0 Å². The standard InChI is InChI=1S/C19H21FN4O2/c20-17-9-13(15-10-21-22-11-15)5-6-14(17)12-23-7-8-24(19(26)18(23)25)16-3-1-2-4-16/h5-6,9-11,16H,1-4,7-8,12H2,(H,21,22). The van der Waals surface area contributed by atoms with Gasteiger partial charge in [-0.25, -0.2) is 4.39 Å². The molecule has 2 amide bonds. The molecule has 0 unspecified atom stereocenters. The van der Waals surface area contributed by atoms with Gasteiger partial charge in [0.1, 0.15) is 5.82 Å². The van der Waals surface area contributed by atoms with E-state index >= 15 is 0 Å². The third kappa shape index (κ3) is 3.09. The molecule has 2 aromatic rings. The van der Waals surface area contributed by atoms with Crippen LogP contribution in [-0.2, 0) is 16.1 Å². The molecule has 4 rings (SSSR count). The summed E-state index contributed by atoms with van der Waals surface area (Å²) in [7, 11) is 0. The molecule has 136 valence electrons. The zero-order valence-corrected chi connectivity index (χ0v) is 14.4. The van der Waals surface area contributed by atoms with Crippen LogP contribution in [0.3, 0.4) is 0 Å². The number of carbonyl (C=O) groups excluding carboxylic acids is 2. The number of halogens is 1. The summed E-state index contributed by atoms with van der Waals surface area (Å²) in [5, 5.41) is 6.56. The van der Waals surface area contributed by atoms with Gasteiger partial charge in [0.25, 0.3) is 0 Å². The largest absolute Gasteiger partial charge is 0.330 e. The summed E-state index contributed by atoms with van der Waals surface area (Å²) in [6.45, 7) is 1.09. The Labute approximate surface area is 151 Å².